The summed E-state index contributed by atoms with van der Waals surface area (Å²) in [5.74, 6) is 0.156. The third kappa shape index (κ3) is 3.53. The van der Waals surface area contributed by atoms with Crippen molar-refractivity contribution in [1.29, 1.82) is 0 Å². The molecule has 0 aliphatic carbocycles. The average molecular weight is 338 g/mol. The summed E-state index contributed by atoms with van der Waals surface area (Å²) < 4.78 is 37.6. The summed E-state index contributed by atoms with van der Waals surface area (Å²) >= 11 is 0.924. The molecule has 0 radical (unpaired) electrons. The van der Waals surface area contributed by atoms with Crippen molar-refractivity contribution in [2.45, 2.75) is 19.0 Å². The largest absolute Gasteiger partial charge is 0.434 e. The molecule has 1 atom stereocenters. The van der Waals surface area contributed by atoms with E-state index in [-0.39, 0.29) is 11.0 Å². The second-order valence-corrected chi connectivity index (χ2v) is 5.87. The third-order valence-corrected chi connectivity index (χ3v) is 4.20. The van der Waals surface area contributed by atoms with E-state index in [0.717, 1.165) is 28.0 Å². The van der Waals surface area contributed by atoms with E-state index >= 15 is 0 Å². The summed E-state index contributed by atoms with van der Waals surface area (Å²) in [6.45, 7) is 2.05. The monoisotopic (exact) mass is 338 g/mol. The number of benzene rings is 1. The molecule has 0 spiro atoms. The minimum absolute atomic E-state index is 0.156. The minimum atomic E-state index is -4.42. The van der Waals surface area contributed by atoms with Gasteiger partial charge in [0.05, 0.1) is 0 Å². The zero-order valence-electron chi connectivity index (χ0n) is 12.1. The van der Waals surface area contributed by atoms with Crippen LogP contribution in [0.2, 0.25) is 0 Å². The van der Waals surface area contributed by atoms with Gasteiger partial charge >= 0.3 is 6.18 Å². The summed E-state index contributed by atoms with van der Waals surface area (Å²) in [6, 6.07) is 9.39. The van der Waals surface area contributed by atoms with Crippen LogP contribution in [0.25, 0.3) is 0 Å². The lowest BCUT2D eigenvalue weighted by atomic mass is 9.98. The second kappa shape index (κ2) is 6.04. The first-order valence-corrected chi connectivity index (χ1v) is 7.70. The molecule has 2 aromatic heterocycles. The topological polar surface area (TPSA) is 53.6 Å². The summed E-state index contributed by atoms with van der Waals surface area (Å²) in [5.41, 5.74) is 1.89. The summed E-state index contributed by atoms with van der Waals surface area (Å²) in [4.78, 5) is 3.54. The van der Waals surface area contributed by atoms with E-state index in [1.54, 1.807) is 6.20 Å². The lowest BCUT2D eigenvalue weighted by Crippen LogP contribution is -2.05. The van der Waals surface area contributed by atoms with Crippen molar-refractivity contribution in [3.05, 3.63) is 58.9 Å². The van der Waals surface area contributed by atoms with Crippen LogP contribution in [0.5, 0.6) is 0 Å². The molecule has 2 N–H and O–H groups in total. The standard InChI is InChI=1S/C15H13F3N4S/c1-9(12-6-7-19-22-12)10-2-4-11(5-3-10)20-14-21-13(8-23-14)15(16,17)18/h2-9H,1H3,(H,19,22)(H,20,21). The summed E-state index contributed by atoms with van der Waals surface area (Å²) in [7, 11) is 0. The van der Waals surface area contributed by atoms with Gasteiger partial charge in [0, 0.05) is 28.9 Å². The molecule has 1 aromatic carbocycles. The van der Waals surface area contributed by atoms with Crippen LogP contribution in [0.4, 0.5) is 24.0 Å². The maximum Gasteiger partial charge on any atom is 0.434 e. The summed E-state index contributed by atoms with van der Waals surface area (Å²) in [6.07, 6.45) is -2.72. The third-order valence-electron chi connectivity index (χ3n) is 3.45. The van der Waals surface area contributed by atoms with Gasteiger partial charge in [-0.05, 0) is 23.8 Å². The number of alkyl halides is 3. The van der Waals surface area contributed by atoms with Crippen molar-refractivity contribution in [3.63, 3.8) is 0 Å². The lowest BCUT2D eigenvalue weighted by Gasteiger charge is -2.11. The van der Waals surface area contributed by atoms with Crippen LogP contribution >= 0.6 is 11.3 Å². The van der Waals surface area contributed by atoms with E-state index < -0.39 is 11.9 Å². The van der Waals surface area contributed by atoms with Crippen LogP contribution in [0.1, 0.15) is 29.8 Å². The fourth-order valence-electron chi connectivity index (χ4n) is 2.13. The number of hydrogen-bond acceptors (Lipinski definition) is 4. The maximum absolute atomic E-state index is 12.5. The Bertz CT molecular complexity index is 763. The van der Waals surface area contributed by atoms with Gasteiger partial charge in [0.15, 0.2) is 10.8 Å². The second-order valence-electron chi connectivity index (χ2n) is 5.02. The number of thiazole rings is 1. The van der Waals surface area contributed by atoms with Gasteiger partial charge < -0.3 is 5.32 Å². The summed E-state index contributed by atoms with van der Waals surface area (Å²) in [5, 5.41) is 11.0. The Morgan fingerprint density at radius 3 is 2.48 bits per heavy atom. The molecular formula is C15H13F3N4S. The Balaban J connectivity index is 1.71. The highest BCUT2D eigenvalue weighted by Crippen LogP contribution is 2.33. The average Bonchev–Trinajstić information content (AvgIpc) is 3.18. The van der Waals surface area contributed by atoms with Gasteiger partial charge in [0.2, 0.25) is 0 Å². The molecule has 0 saturated heterocycles. The molecule has 0 amide bonds. The molecule has 120 valence electrons. The molecule has 0 aliphatic rings. The molecule has 23 heavy (non-hydrogen) atoms. The number of nitrogens with one attached hydrogen (secondary N) is 2. The highest BCUT2D eigenvalue weighted by molar-refractivity contribution is 7.13. The maximum atomic E-state index is 12.5. The quantitative estimate of drug-likeness (QED) is 0.720. The molecule has 4 nitrogen and oxygen atoms in total. The number of H-pyrrole nitrogens is 1. The van der Waals surface area contributed by atoms with Gasteiger partial charge in [0.1, 0.15) is 0 Å². The molecule has 0 bridgehead atoms. The number of nitrogens with zero attached hydrogens (tertiary/aromatic N) is 2. The fourth-order valence-corrected chi connectivity index (χ4v) is 2.86. The smallest absolute Gasteiger partial charge is 0.332 e. The van der Waals surface area contributed by atoms with Crippen molar-refractivity contribution < 1.29 is 13.2 Å². The molecule has 8 heteroatoms. The fraction of sp³-hybridized carbons (Fsp3) is 0.200. The van der Waals surface area contributed by atoms with Gasteiger partial charge in [-0.1, -0.05) is 19.1 Å². The van der Waals surface area contributed by atoms with Gasteiger partial charge in [0.25, 0.3) is 0 Å². The predicted octanol–water partition coefficient (Wildman–Crippen LogP) is 4.78. The van der Waals surface area contributed by atoms with E-state index in [1.165, 1.54) is 0 Å². The Hall–Kier alpha value is -2.35. The van der Waals surface area contributed by atoms with Gasteiger partial charge in [-0.3, -0.25) is 5.10 Å². The normalized spacial score (nSPS) is 13.0. The highest BCUT2D eigenvalue weighted by Gasteiger charge is 2.33. The SMILES string of the molecule is CC(c1ccc(Nc2nc(C(F)(F)F)cs2)cc1)c1ccn[nH]1. The van der Waals surface area contributed by atoms with Crippen LogP contribution < -0.4 is 5.32 Å². The van der Waals surface area contributed by atoms with Crippen LogP contribution in [-0.4, -0.2) is 15.2 Å². The molecule has 3 aromatic rings. The Kier molecular flexibility index (Phi) is 4.08. The number of halogens is 3. The number of rotatable bonds is 4. The first-order chi connectivity index (χ1) is 10.9. The first kappa shape index (κ1) is 15.5. The van der Waals surface area contributed by atoms with Crippen LogP contribution in [-0.2, 0) is 6.18 Å². The van der Waals surface area contributed by atoms with Crippen molar-refractivity contribution in [3.8, 4) is 0 Å². The van der Waals surface area contributed by atoms with E-state index in [9.17, 15) is 13.2 Å². The van der Waals surface area contributed by atoms with Gasteiger partial charge in [-0.2, -0.15) is 18.3 Å². The zero-order valence-corrected chi connectivity index (χ0v) is 12.9. The Labute approximate surface area is 134 Å². The minimum Gasteiger partial charge on any atom is -0.332 e. The first-order valence-electron chi connectivity index (χ1n) is 6.82. The molecule has 0 fully saturated rings. The van der Waals surface area contributed by atoms with Crippen molar-refractivity contribution in [2.24, 2.45) is 0 Å². The molecule has 0 saturated carbocycles. The van der Waals surface area contributed by atoms with E-state index in [2.05, 4.69) is 20.5 Å². The van der Waals surface area contributed by atoms with Crippen LogP contribution in [0.3, 0.4) is 0 Å². The lowest BCUT2D eigenvalue weighted by molar-refractivity contribution is -0.140. The van der Waals surface area contributed by atoms with E-state index in [4.69, 9.17) is 0 Å². The number of hydrogen-bond donors (Lipinski definition) is 2. The molecule has 1 unspecified atom stereocenters. The molecular weight excluding hydrogens is 325 g/mol. The van der Waals surface area contributed by atoms with Crippen molar-refractivity contribution in [1.82, 2.24) is 15.2 Å². The Morgan fingerprint density at radius 1 is 1.17 bits per heavy atom. The number of aromatic amines is 1. The van der Waals surface area contributed by atoms with E-state index in [1.807, 2.05) is 37.3 Å². The Morgan fingerprint density at radius 2 is 1.91 bits per heavy atom. The van der Waals surface area contributed by atoms with Crippen molar-refractivity contribution in [2.75, 3.05) is 5.32 Å². The van der Waals surface area contributed by atoms with Crippen molar-refractivity contribution >= 4 is 22.2 Å². The van der Waals surface area contributed by atoms with Crippen LogP contribution in [0, 0.1) is 0 Å². The molecule has 0 aliphatic heterocycles. The predicted molar refractivity (Wildman–Crippen MR) is 82.9 cm³/mol. The van der Waals surface area contributed by atoms with Gasteiger partial charge in [-0.15, -0.1) is 11.3 Å². The molecule has 2 heterocycles. The van der Waals surface area contributed by atoms with Gasteiger partial charge in [-0.25, -0.2) is 4.98 Å². The van der Waals surface area contributed by atoms with E-state index in [0.29, 0.717) is 5.69 Å². The van der Waals surface area contributed by atoms with Crippen LogP contribution in [0.15, 0.2) is 41.9 Å². The zero-order chi connectivity index (χ0) is 16.4. The number of aromatic nitrogens is 3. The molecule has 3 rings (SSSR count). The highest BCUT2D eigenvalue weighted by atomic mass is 32.1. The number of anilines is 2.